The maximum atomic E-state index is 10.0. The summed E-state index contributed by atoms with van der Waals surface area (Å²) >= 11 is 0. The number of fused-ring (bicyclic) bond motifs is 1. The molecule has 0 amide bonds. The predicted molar refractivity (Wildman–Crippen MR) is 104 cm³/mol. The molecule has 3 fully saturated rings. The molecule has 3 aliphatic carbocycles. The van der Waals surface area contributed by atoms with Crippen molar-refractivity contribution < 1.29 is 10.2 Å². The number of aliphatic hydroxyl groups is 2. The predicted octanol–water partition coefficient (Wildman–Crippen LogP) is 5.17. The van der Waals surface area contributed by atoms with E-state index in [-0.39, 0.29) is 0 Å². The molecule has 3 rings (SSSR count). The molecule has 3 aliphatic rings. The van der Waals surface area contributed by atoms with Gasteiger partial charge in [0.1, 0.15) is 0 Å². The van der Waals surface area contributed by atoms with Gasteiger partial charge in [0.25, 0.3) is 0 Å². The molecule has 0 aromatic heterocycles. The van der Waals surface area contributed by atoms with Crippen molar-refractivity contribution in [1.82, 2.24) is 0 Å². The summed E-state index contributed by atoms with van der Waals surface area (Å²) in [4.78, 5) is 0. The number of allylic oxidation sites excluding steroid dienone is 3. The highest BCUT2D eigenvalue weighted by Gasteiger charge is 2.50. The van der Waals surface area contributed by atoms with Crippen LogP contribution < -0.4 is 0 Å². The standard InChI is InChI=1S/C23H36O2/c1-5-15(2)19-10-11-20-18(7-6-12-23(19,20)4)9-8-17-13-21(24)16(3)22(25)14-17/h8-9,15,19-22,24-25H,3,5-7,10-14H2,1-2,4H3/t15-,19?,20?,21+,22+,23+/m0/s1. The lowest BCUT2D eigenvalue weighted by molar-refractivity contribution is 0.0961. The quantitative estimate of drug-likeness (QED) is 0.693. The molecule has 0 heterocycles. The van der Waals surface area contributed by atoms with Crippen molar-refractivity contribution >= 4 is 0 Å². The molecule has 6 atom stereocenters. The Morgan fingerprint density at radius 1 is 1.20 bits per heavy atom. The van der Waals surface area contributed by atoms with Gasteiger partial charge in [-0.05, 0) is 73.7 Å². The molecule has 25 heavy (non-hydrogen) atoms. The normalized spacial score (nSPS) is 41.7. The molecule has 0 spiro atoms. The Bertz CT molecular complexity index is 557. The van der Waals surface area contributed by atoms with Crippen LogP contribution in [-0.4, -0.2) is 22.4 Å². The van der Waals surface area contributed by atoms with E-state index in [2.05, 4.69) is 39.5 Å². The second-order valence-corrected chi connectivity index (χ2v) is 9.06. The third kappa shape index (κ3) is 3.53. The van der Waals surface area contributed by atoms with Gasteiger partial charge in [-0.25, -0.2) is 0 Å². The van der Waals surface area contributed by atoms with E-state index in [1.54, 1.807) is 5.57 Å². The van der Waals surface area contributed by atoms with Gasteiger partial charge in [0, 0.05) is 0 Å². The molecule has 140 valence electrons. The van der Waals surface area contributed by atoms with Crippen molar-refractivity contribution in [2.75, 3.05) is 0 Å². The molecule has 0 aromatic carbocycles. The zero-order chi connectivity index (χ0) is 18.2. The topological polar surface area (TPSA) is 40.5 Å². The lowest BCUT2D eigenvalue weighted by atomic mass is 9.61. The van der Waals surface area contributed by atoms with Gasteiger partial charge < -0.3 is 10.2 Å². The second kappa shape index (κ2) is 7.40. The number of rotatable bonds is 3. The first kappa shape index (κ1) is 18.9. The van der Waals surface area contributed by atoms with Crippen LogP contribution in [0.1, 0.15) is 72.1 Å². The van der Waals surface area contributed by atoms with E-state index >= 15 is 0 Å². The summed E-state index contributed by atoms with van der Waals surface area (Å²) < 4.78 is 0. The van der Waals surface area contributed by atoms with Crippen LogP contribution in [0, 0.1) is 23.2 Å². The Labute approximate surface area is 153 Å². The van der Waals surface area contributed by atoms with Crippen LogP contribution in [0.5, 0.6) is 0 Å². The first-order chi connectivity index (χ1) is 11.9. The van der Waals surface area contributed by atoms with E-state index in [9.17, 15) is 10.2 Å². The van der Waals surface area contributed by atoms with Crippen LogP contribution in [0.2, 0.25) is 0 Å². The summed E-state index contributed by atoms with van der Waals surface area (Å²) in [6.07, 6.45) is 12.5. The molecule has 0 bridgehead atoms. The molecular formula is C23H36O2. The molecule has 0 radical (unpaired) electrons. The lowest BCUT2D eigenvalue weighted by Crippen LogP contribution is -2.35. The average molecular weight is 345 g/mol. The van der Waals surface area contributed by atoms with Crippen LogP contribution >= 0.6 is 0 Å². The summed E-state index contributed by atoms with van der Waals surface area (Å²) in [5.74, 6) is 2.41. The number of hydrogen-bond donors (Lipinski definition) is 2. The number of hydrogen-bond acceptors (Lipinski definition) is 2. The minimum absolute atomic E-state index is 0.470. The summed E-state index contributed by atoms with van der Waals surface area (Å²) in [6.45, 7) is 11.1. The van der Waals surface area contributed by atoms with Gasteiger partial charge in [-0.15, -0.1) is 0 Å². The van der Waals surface area contributed by atoms with Gasteiger partial charge in [0.15, 0.2) is 0 Å². The minimum atomic E-state index is -0.591. The van der Waals surface area contributed by atoms with E-state index in [0.717, 1.165) is 23.3 Å². The van der Waals surface area contributed by atoms with Crippen LogP contribution in [0.4, 0.5) is 0 Å². The SMILES string of the molecule is C=C1[C@H](O)CC(=CC=C2CCC[C@@]3(C)C2CCC3[C@@H](C)CC)C[C@H]1O. The second-order valence-electron chi connectivity index (χ2n) is 9.06. The summed E-state index contributed by atoms with van der Waals surface area (Å²) in [5, 5.41) is 20.1. The maximum absolute atomic E-state index is 10.0. The molecule has 3 saturated carbocycles. The molecule has 2 heteroatoms. The zero-order valence-electron chi connectivity index (χ0n) is 16.3. The minimum Gasteiger partial charge on any atom is -0.388 e. The van der Waals surface area contributed by atoms with E-state index in [1.165, 1.54) is 38.5 Å². The van der Waals surface area contributed by atoms with E-state index in [1.807, 2.05) is 0 Å². The molecule has 2 nitrogen and oxygen atoms in total. The maximum Gasteiger partial charge on any atom is 0.0809 e. The van der Waals surface area contributed by atoms with Gasteiger partial charge in [-0.3, -0.25) is 0 Å². The van der Waals surface area contributed by atoms with Gasteiger partial charge >= 0.3 is 0 Å². The van der Waals surface area contributed by atoms with Crippen LogP contribution in [-0.2, 0) is 0 Å². The molecule has 2 unspecified atom stereocenters. The number of aliphatic hydroxyl groups excluding tert-OH is 2. The highest BCUT2D eigenvalue weighted by molar-refractivity contribution is 5.29. The lowest BCUT2D eigenvalue weighted by Gasteiger charge is -2.44. The smallest absolute Gasteiger partial charge is 0.0809 e. The van der Waals surface area contributed by atoms with Gasteiger partial charge in [0.05, 0.1) is 12.2 Å². The van der Waals surface area contributed by atoms with Crippen molar-refractivity contribution in [3.63, 3.8) is 0 Å². The molecular weight excluding hydrogens is 308 g/mol. The van der Waals surface area contributed by atoms with E-state index in [0.29, 0.717) is 23.8 Å². The summed E-state index contributed by atoms with van der Waals surface area (Å²) in [6, 6.07) is 0. The molecule has 0 aliphatic heterocycles. The van der Waals surface area contributed by atoms with Crippen molar-refractivity contribution in [3.8, 4) is 0 Å². The summed E-state index contributed by atoms with van der Waals surface area (Å²) in [7, 11) is 0. The van der Waals surface area contributed by atoms with E-state index < -0.39 is 12.2 Å². The van der Waals surface area contributed by atoms with Gasteiger partial charge in [-0.2, -0.15) is 0 Å². The molecule has 0 aromatic rings. The van der Waals surface area contributed by atoms with Gasteiger partial charge in [0.2, 0.25) is 0 Å². The first-order valence-electron chi connectivity index (χ1n) is 10.3. The van der Waals surface area contributed by atoms with Crippen LogP contribution in [0.15, 0.2) is 35.5 Å². The fraction of sp³-hybridized carbons (Fsp3) is 0.739. The Balaban J connectivity index is 1.78. The van der Waals surface area contributed by atoms with Crippen LogP contribution in [0.25, 0.3) is 0 Å². The average Bonchev–Trinajstić information content (AvgIpc) is 2.94. The fourth-order valence-electron chi connectivity index (χ4n) is 5.92. The highest BCUT2D eigenvalue weighted by atomic mass is 16.3. The van der Waals surface area contributed by atoms with E-state index in [4.69, 9.17) is 0 Å². The molecule has 0 saturated heterocycles. The summed E-state index contributed by atoms with van der Waals surface area (Å²) in [5.41, 5.74) is 3.81. The van der Waals surface area contributed by atoms with Crippen molar-refractivity contribution in [2.45, 2.75) is 84.3 Å². The monoisotopic (exact) mass is 344 g/mol. The Kier molecular flexibility index (Phi) is 5.60. The fourth-order valence-corrected chi connectivity index (χ4v) is 5.92. The molecule has 2 N–H and O–H groups in total. The first-order valence-corrected chi connectivity index (χ1v) is 10.3. The van der Waals surface area contributed by atoms with Crippen molar-refractivity contribution in [3.05, 3.63) is 35.5 Å². The van der Waals surface area contributed by atoms with Crippen molar-refractivity contribution in [1.29, 1.82) is 0 Å². The van der Waals surface area contributed by atoms with Crippen molar-refractivity contribution in [2.24, 2.45) is 23.2 Å². The zero-order valence-corrected chi connectivity index (χ0v) is 16.3. The van der Waals surface area contributed by atoms with Gasteiger partial charge in [-0.1, -0.05) is 57.1 Å². The Morgan fingerprint density at radius 2 is 1.88 bits per heavy atom. The highest BCUT2D eigenvalue weighted by Crippen LogP contribution is 2.59. The Morgan fingerprint density at radius 3 is 2.52 bits per heavy atom. The van der Waals surface area contributed by atoms with Crippen LogP contribution in [0.3, 0.4) is 0 Å². The third-order valence-electron chi connectivity index (χ3n) is 7.67. The largest absolute Gasteiger partial charge is 0.388 e. The third-order valence-corrected chi connectivity index (χ3v) is 7.67. The Hall–Kier alpha value is -0.860.